The summed E-state index contributed by atoms with van der Waals surface area (Å²) in [5.41, 5.74) is 2.73. The van der Waals surface area contributed by atoms with Gasteiger partial charge in [-0.15, -0.1) is 0 Å². The molecule has 0 aliphatic carbocycles. The highest BCUT2D eigenvalue weighted by atomic mass is 15.1. The van der Waals surface area contributed by atoms with Crippen molar-refractivity contribution in [2.75, 3.05) is 20.1 Å². The van der Waals surface area contributed by atoms with Gasteiger partial charge >= 0.3 is 0 Å². The Hall–Kier alpha value is -0.830. The largest absolute Gasteiger partial charge is 0.306 e. The molecule has 0 saturated heterocycles. The minimum atomic E-state index is 1.12. The van der Waals surface area contributed by atoms with Crippen molar-refractivity contribution in [2.24, 2.45) is 0 Å². The van der Waals surface area contributed by atoms with Crippen LogP contribution >= 0.6 is 0 Å². The number of hydrogen-bond acceptors (Lipinski definition) is 2. The topological polar surface area (TPSA) is 31.9 Å². The zero-order valence-corrected chi connectivity index (χ0v) is 8.80. The van der Waals surface area contributed by atoms with E-state index < -0.39 is 0 Å². The number of hydrogen-bond donors (Lipinski definition) is 1. The molecule has 0 spiro atoms. The van der Waals surface area contributed by atoms with Crippen LogP contribution in [0.15, 0.2) is 6.20 Å². The molecule has 0 atom stereocenters. The molecule has 0 amide bonds. The summed E-state index contributed by atoms with van der Waals surface area (Å²) >= 11 is 0. The Balaban J connectivity index is 0.000000396. The van der Waals surface area contributed by atoms with Crippen molar-refractivity contribution >= 4 is 0 Å². The molecule has 1 aromatic heterocycles. The summed E-state index contributed by atoms with van der Waals surface area (Å²) in [4.78, 5) is 2.36. The number of aromatic amines is 1. The lowest BCUT2D eigenvalue weighted by Gasteiger charge is -2.10. The molecule has 3 heteroatoms. The van der Waals surface area contributed by atoms with Gasteiger partial charge in [0.05, 0.1) is 6.20 Å². The highest BCUT2D eigenvalue weighted by Gasteiger charge is 2.11. The number of likely N-dealkylation sites (N-methyl/N-ethyl adjacent to an activating group) is 1. The average molecular weight is 181 g/mol. The van der Waals surface area contributed by atoms with Crippen LogP contribution in [0.5, 0.6) is 0 Å². The minimum absolute atomic E-state index is 1.12. The van der Waals surface area contributed by atoms with E-state index in [1.807, 2.05) is 20.0 Å². The van der Waals surface area contributed by atoms with Gasteiger partial charge in [-0.05, 0) is 19.0 Å². The molecule has 13 heavy (non-hydrogen) atoms. The first-order valence-electron chi connectivity index (χ1n) is 5.06. The molecule has 3 nitrogen and oxygen atoms in total. The third kappa shape index (κ3) is 2.56. The smallest absolute Gasteiger partial charge is 0.0522 e. The van der Waals surface area contributed by atoms with Crippen LogP contribution in [-0.4, -0.2) is 35.2 Å². The second-order valence-electron chi connectivity index (χ2n) is 3.18. The molecule has 2 heterocycles. The minimum Gasteiger partial charge on any atom is -0.306 e. The molecule has 0 aromatic carbocycles. The number of nitrogens with zero attached hydrogens (tertiary/aromatic N) is 2. The van der Waals surface area contributed by atoms with Gasteiger partial charge in [0, 0.05) is 25.2 Å². The molecule has 74 valence electrons. The summed E-state index contributed by atoms with van der Waals surface area (Å²) in [5, 5.41) is 7.07. The normalized spacial score (nSPS) is 16.8. The lowest BCUT2D eigenvalue weighted by molar-refractivity contribution is 0.351. The summed E-state index contributed by atoms with van der Waals surface area (Å²) < 4.78 is 0. The van der Waals surface area contributed by atoms with Gasteiger partial charge in [-0.3, -0.25) is 5.10 Å². The second kappa shape index (κ2) is 5.02. The van der Waals surface area contributed by atoms with E-state index in [4.69, 9.17) is 0 Å². The molecule has 2 rings (SSSR count). The van der Waals surface area contributed by atoms with Crippen molar-refractivity contribution in [3.05, 3.63) is 17.5 Å². The lowest BCUT2D eigenvalue weighted by atomic mass is 10.2. The molecule has 0 saturated carbocycles. The zero-order valence-electron chi connectivity index (χ0n) is 8.80. The van der Waals surface area contributed by atoms with Gasteiger partial charge in [0.1, 0.15) is 0 Å². The molecule has 0 fully saturated rings. The van der Waals surface area contributed by atoms with Gasteiger partial charge in [-0.1, -0.05) is 13.8 Å². The van der Waals surface area contributed by atoms with Gasteiger partial charge in [-0.25, -0.2) is 0 Å². The maximum Gasteiger partial charge on any atom is 0.0522 e. The molecule has 0 unspecified atom stereocenters. The van der Waals surface area contributed by atoms with Crippen LogP contribution in [0.1, 0.15) is 25.1 Å². The average Bonchev–Trinajstić information content (AvgIpc) is 2.56. The Morgan fingerprint density at radius 3 is 2.77 bits per heavy atom. The maximum atomic E-state index is 4.03. The summed E-state index contributed by atoms with van der Waals surface area (Å²) in [5.74, 6) is 0. The first-order valence-corrected chi connectivity index (χ1v) is 5.06. The second-order valence-corrected chi connectivity index (χ2v) is 3.18. The van der Waals surface area contributed by atoms with Crippen molar-refractivity contribution in [1.82, 2.24) is 15.1 Å². The van der Waals surface area contributed by atoms with Gasteiger partial charge in [0.15, 0.2) is 0 Å². The van der Waals surface area contributed by atoms with E-state index in [2.05, 4.69) is 22.1 Å². The van der Waals surface area contributed by atoms with Crippen molar-refractivity contribution in [2.45, 2.75) is 26.7 Å². The number of rotatable bonds is 0. The van der Waals surface area contributed by atoms with Crippen molar-refractivity contribution in [3.8, 4) is 0 Å². The molecule has 0 bridgehead atoms. The van der Waals surface area contributed by atoms with E-state index in [0.717, 1.165) is 25.9 Å². The van der Waals surface area contributed by atoms with Crippen molar-refractivity contribution in [3.63, 3.8) is 0 Å². The summed E-state index contributed by atoms with van der Waals surface area (Å²) in [6, 6.07) is 0. The Morgan fingerprint density at radius 1 is 1.31 bits per heavy atom. The zero-order chi connectivity index (χ0) is 9.68. The highest BCUT2D eigenvalue weighted by molar-refractivity contribution is 5.18. The number of aromatic nitrogens is 2. The lowest BCUT2D eigenvalue weighted by Crippen LogP contribution is -2.21. The van der Waals surface area contributed by atoms with E-state index in [9.17, 15) is 0 Å². The van der Waals surface area contributed by atoms with Crippen LogP contribution in [0.3, 0.4) is 0 Å². The predicted molar refractivity (Wildman–Crippen MR) is 54.8 cm³/mol. The van der Waals surface area contributed by atoms with Crippen LogP contribution in [0.2, 0.25) is 0 Å². The first kappa shape index (κ1) is 10.3. The monoisotopic (exact) mass is 181 g/mol. The maximum absolute atomic E-state index is 4.03. The van der Waals surface area contributed by atoms with E-state index in [1.165, 1.54) is 11.3 Å². The number of nitrogens with one attached hydrogen (secondary N) is 1. The van der Waals surface area contributed by atoms with E-state index in [0.29, 0.717) is 0 Å². The van der Waals surface area contributed by atoms with Crippen LogP contribution in [0.4, 0.5) is 0 Å². The van der Waals surface area contributed by atoms with Crippen LogP contribution in [-0.2, 0) is 12.8 Å². The van der Waals surface area contributed by atoms with Crippen molar-refractivity contribution in [1.29, 1.82) is 0 Å². The molecule has 1 aromatic rings. The van der Waals surface area contributed by atoms with E-state index >= 15 is 0 Å². The standard InChI is InChI=1S/C8H13N3.C2H6/c1-11-4-2-7-6-9-10-8(7)3-5-11;1-2/h6H,2-5H2,1H3,(H,9,10);1-2H3. The highest BCUT2D eigenvalue weighted by Crippen LogP contribution is 2.10. The molecule has 0 radical (unpaired) electrons. The van der Waals surface area contributed by atoms with Gasteiger partial charge in [0.25, 0.3) is 0 Å². The fourth-order valence-electron chi connectivity index (χ4n) is 1.50. The summed E-state index contributed by atoms with van der Waals surface area (Å²) in [6.07, 6.45) is 4.21. The Morgan fingerprint density at radius 2 is 2.00 bits per heavy atom. The Labute approximate surface area is 80.1 Å². The van der Waals surface area contributed by atoms with E-state index in [1.54, 1.807) is 0 Å². The van der Waals surface area contributed by atoms with Gasteiger partial charge < -0.3 is 4.90 Å². The van der Waals surface area contributed by atoms with Crippen LogP contribution < -0.4 is 0 Å². The Kier molecular flexibility index (Phi) is 3.96. The SMILES string of the molecule is CC.CN1CCc2cn[nH]c2CC1. The van der Waals surface area contributed by atoms with E-state index in [-0.39, 0.29) is 0 Å². The molecule has 1 aliphatic heterocycles. The summed E-state index contributed by atoms with van der Waals surface area (Å²) in [6.45, 7) is 6.31. The third-order valence-electron chi connectivity index (χ3n) is 2.31. The van der Waals surface area contributed by atoms with Gasteiger partial charge in [-0.2, -0.15) is 5.10 Å². The van der Waals surface area contributed by atoms with Gasteiger partial charge in [0.2, 0.25) is 0 Å². The predicted octanol–water partition coefficient (Wildman–Crippen LogP) is 1.47. The Bertz CT molecular complexity index is 220. The molecule has 1 N–H and O–H groups in total. The summed E-state index contributed by atoms with van der Waals surface area (Å²) in [7, 11) is 2.17. The third-order valence-corrected chi connectivity index (χ3v) is 2.31. The molecular weight excluding hydrogens is 162 g/mol. The fraction of sp³-hybridized carbons (Fsp3) is 0.700. The number of fused-ring (bicyclic) bond motifs is 1. The number of H-pyrrole nitrogens is 1. The molecular formula is C10H19N3. The quantitative estimate of drug-likeness (QED) is 0.657. The fourth-order valence-corrected chi connectivity index (χ4v) is 1.50. The van der Waals surface area contributed by atoms with Crippen molar-refractivity contribution < 1.29 is 0 Å². The first-order chi connectivity index (χ1) is 6.36. The molecule has 1 aliphatic rings. The van der Waals surface area contributed by atoms with Crippen LogP contribution in [0, 0.1) is 0 Å². The van der Waals surface area contributed by atoms with Crippen LogP contribution in [0.25, 0.3) is 0 Å².